The largest absolute Gasteiger partial charge is 0.493 e. The molecule has 0 saturated heterocycles. The molecule has 1 unspecified atom stereocenters. The normalized spacial score (nSPS) is 12.2. The first-order chi connectivity index (χ1) is 15.1. The van der Waals surface area contributed by atoms with Crippen LogP contribution in [0.15, 0.2) is 47.5 Å². The lowest BCUT2D eigenvalue weighted by atomic mass is 10.1. The van der Waals surface area contributed by atoms with Gasteiger partial charge in [0.25, 0.3) is 0 Å². The Kier molecular flexibility index (Phi) is 10.1. The van der Waals surface area contributed by atoms with Crippen LogP contribution in [0.3, 0.4) is 0 Å². The van der Waals surface area contributed by atoms with Crippen LogP contribution in [0.5, 0.6) is 11.5 Å². The number of para-hydroxylation sites is 1. The number of aliphatic imine (C=N–C) groups is 1. The fourth-order valence-electron chi connectivity index (χ4n) is 3.65. The number of methoxy groups -OCH3 is 2. The highest BCUT2D eigenvalue weighted by Gasteiger charge is 2.12. The fourth-order valence-corrected chi connectivity index (χ4v) is 3.65. The van der Waals surface area contributed by atoms with Crippen molar-refractivity contribution in [1.82, 2.24) is 15.6 Å². The van der Waals surface area contributed by atoms with Crippen molar-refractivity contribution in [3.8, 4) is 11.5 Å². The molecular formula is C24H33IN4O3. The van der Waals surface area contributed by atoms with Crippen LogP contribution in [0.1, 0.15) is 29.8 Å². The summed E-state index contributed by atoms with van der Waals surface area (Å²) >= 11 is 0. The molecule has 3 aromatic rings. The second-order valence-corrected chi connectivity index (χ2v) is 7.30. The summed E-state index contributed by atoms with van der Waals surface area (Å²) in [7, 11) is 3.17. The van der Waals surface area contributed by atoms with Crippen LogP contribution in [-0.2, 0) is 6.42 Å². The van der Waals surface area contributed by atoms with Crippen LogP contribution in [0.4, 0.5) is 0 Å². The third-order valence-corrected chi connectivity index (χ3v) is 5.25. The molecule has 2 aromatic carbocycles. The second kappa shape index (κ2) is 12.5. The number of aryl methyl sites for hydroxylation is 1. The molecule has 3 rings (SSSR count). The lowest BCUT2D eigenvalue weighted by molar-refractivity contribution is 0.186. The maximum Gasteiger partial charge on any atom is 0.191 e. The number of nitrogens with one attached hydrogen (secondary N) is 3. The first-order valence-corrected chi connectivity index (χ1v) is 10.6. The van der Waals surface area contributed by atoms with Crippen molar-refractivity contribution in [1.29, 1.82) is 0 Å². The fraction of sp³-hybridized carbons (Fsp3) is 0.375. The molecular weight excluding hydrogens is 519 g/mol. The standard InChI is InChI=1S/C24H32N4O3.HI/c1-5-25-24(26-13-12-18-16(2)28-20-9-7-6-8-19(18)20)27-15-21(29)17-10-11-22(30-3)23(14-17)31-4;/h6-11,14,21,28-29H,5,12-13,15H2,1-4H3,(H2,25,26,27);1H. The van der Waals surface area contributed by atoms with Crippen LogP contribution < -0.4 is 20.1 Å². The predicted octanol–water partition coefficient (Wildman–Crippen LogP) is 3.94. The zero-order valence-corrected chi connectivity index (χ0v) is 21.4. The van der Waals surface area contributed by atoms with Crippen molar-refractivity contribution in [3.63, 3.8) is 0 Å². The monoisotopic (exact) mass is 552 g/mol. The highest BCUT2D eigenvalue weighted by Crippen LogP contribution is 2.30. The van der Waals surface area contributed by atoms with Crippen molar-refractivity contribution in [2.75, 3.05) is 33.9 Å². The van der Waals surface area contributed by atoms with Crippen LogP contribution >= 0.6 is 24.0 Å². The maximum atomic E-state index is 10.6. The second-order valence-electron chi connectivity index (χ2n) is 7.30. The van der Waals surface area contributed by atoms with Gasteiger partial charge in [-0.2, -0.15) is 0 Å². The van der Waals surface area contributed by atoms with Crippen LogP contribution in [-0.4, -0.2) is 49.9 Å². The number of aromatic nitrogens is 1. The van der Waals surface area contributed by atoms with Gasteiger partial charge in [-0.05, 0) is 49.6 Å². The summed E-state index contributed by atoms with van der Waals surface area (Å²) < 4.78 is 10.6. The Hall–Kier alpha value is -2.46. The van der Waals surface area contributed by atoms with Gasteiger partial charge in [0, 0.05) is 29.7 Å². The van der Waals surface area contributed by atoms with E-state index >= 15 is 0 Å². The van der Waals surface area contributed by atoms with Crippen LogP contribution in [0, 0.1) is 6.92 Å². The number of hydrogen-bond donors (Lipinski definition) is 4. The lowest BCUT2D eigenvalue weighted by Gasteiger charge is -2.15. The van der Waals surface area contributed by atoms with Gasteiger partial charge in [0.2, 0.25) is 0 Å². The van der Waals surface area contributed by atoms with Crippen LogP contribution in [0.25, 0.3) is 10.9 Å². The molecule has 7 nitrogen and oxygen atoms in total. The zero-order chi connectivity index (χ0) is 22.2. The molecule has 8 heteroatoms. The Labute approximate surface area is 206 Å². The van der Waals surface area contributed by atoms with Gasteiger partial charge in [-0.3, -0.25) is 4.99 Å². The molecule has 0 amide bonds. The van der Waals surface area contributed by atoms with E-state index in [9.17, 15) is 5.11 Å². The number of ether oxygens (including phenoxy) is 2. The highest BCUT2D eigenvalue weighted by atomic mass is 127. The van der Waals surface area contributed by atoms with Gasteiger partial charge in [0.05, 0.1) is 26.9 Å². The first kappa shape index (κ1) is 25.8. The number of halogens is 1. The number of benzene rings is 2. The molecule has 32 heavy (non-hydrogen) atoms. The number of aromatic amines is 1. The van der Waals surface area contributed by atoms with Gasteiger partial charge < -0.3 is 30.2 Å². The van der Waals surface area contributed by atoms with Gasteiger partial charge in [0.15, 0.2) is 17.5 Å². The zero-order valence-electron chi connectivity index (χ0n) is 19.1. The summed E-state index contributed by atoms with van der Waals surface area (Å²) in [5.74, 6) is 1.89. The molecule has 0 aliphatic carbocycles. The molecule has 0 aliphatic heterocycles. The Bertz CT molecular complexity index is 1040. The van der Waals surface area contributed by atoms with E-state index in [1.807, 2.05) is 19.1 Å². The first-order valence-electron chi connectivity index (χ1n) is 10.6. The number of nitrogens with zero attached hydrogens (tertiary/aromatic N) is 1. The van der Waals surface area contributed by atoms with E-state index in [0.29, 0.717) is 17.5 Å². The molecule has 174 valence electrons. The number of rotatable bonds is 9. The quantitative estimate of drug-likeness (QED) is 0.184. The molecule has 1 atom stereocenters. The maximum absolute atomic E-state index is 10.6. The minimum atomic E-state index is -0.744. The number of fused-ring (bicyclic) bond motifs is 1. The lowest BCUT2D eigenvalue weighted by Crippen LogP contribution is -2.38. The molecule has 0 bridgehead atoms. The summed E-state index contributed by atoms with van der Waals surface area (Å²) in [6.07, 6.45) is 0.129. The number of H-pyrrole nitrogens is 1. The Morgan fingerprint density at radius 3 is 2.56 bits per heavy atom. The molecule has 0 radical (unpaired) electrons. The third kappa shape index (κ3) is 6.29. The average molecular weight is 552 g/mol. The van der Waals surface area contributed by atoms with Crippen molar-refractivity contribution >= 4 is 40.8 Å². The van der Waals surface area contributed by atoms with Gasteiger partial charge in [-0.15, -0.1) is 24.0 Å². The predicted molar refractivity (Wildman–Crippen MR) is 141 cm³/mol. The summed E-state index contributed by atoms with van der Waals surface area (Å²) in [6, 6.07) is 13.7. The SMILES string of the molecule is CCNC(=NCC(O)c1ccc(OC)c(OC)c1)NCCc1c(C)[nH]c2ccccc12.I. The van der Waals surface area contributed by atoms with Crippen molar-refractivity contribution in [3.05, 3.63) is 59.3 Å². The van der Waals surface area contributed by atoms with Gasteiger partial charge in [-0.25, -0.2) is 0 Å². The topological polar surface area (TPSA) is 90.9 Å². The van der Waals surface area contributed by atoms with E-state index in [4.69, 9.17) is 9.47 Å². The number of guanidine groups is 1. The van der Waals surface area contributed by atoms with Crippen LogP contribution in [0.2, 0.25) is 0 Å². The highest BCUT2D eigenvalue weighted by molar-refractivity contribution is 14.0. The minimum absolute atomic E-state index is 0. The summed E-state index contributed by atoms with van der Waals surface area (Å²) in [6.45, 7) is 5.84. The summed E-state index contributed by atoms with van der Waals surface area (Å²) in [4.78, 5) is 8.00. The smallest absolute Gasteiger partial charge is 0.191 e. The molecule has 0 spiro atoms. The van der Waals surface area contributed by atoms with Crippen molar-refractivity contribution < 1.29 is 14.6 Å². The van der Waals surface area contributed by atoms with E-state index in [1.165, 1.54) is 16.6 Å². The molecule has 1 aromatic heterocycles. The number of aliphatic hydroxyl groups is 1. The molecule has 1 heterocycles. The van der Waals surface area contributed by atoms with E-state index in [1.54, 1.807) is 26.4 Å². The van der Waals surface area contributed by atoms with Gasteiger partial charge in [0.1, 0.15) is 0 Å². The van der Waals surface area contributed by atoms with E-state index in [-0.39, 0.29) is 30.5 Å². The van der Waals surface area contributed by atoms with Crippen molar-refractivity contribution in [2.24, 2.45) is 4.99 Å². The molecule has 0 saturated carbocycles. The Balaban J connectivity index is 0.00000363. The summed E-state index contributed by atoms with van der Waals surface area (Å²) in [5.41, 5.74) is 4.39. The number of hydrogen-bond acceptors (Lipinski definition) is 4. The molecule has 0 fully saturated rings. The van der Waals surface area contributed by atoms with E-state index in [2.05, 4.69) is 45.7 Å². The van der Waals surface area contributed by atoms with Gasteiger partial charge in [-0.1, -0.05) is 24.3 Å². The van der Waals surface area contributed by atoms with Gasteiger partial charge >= 0.3 is 0 Å². The Morgan fingerprint density at radius 2 is 1.84 bits per heavy atom. The molecule has 0 aliphatic rings. The van der Waals surface area contributed by atoms with E-state index < -0.39 is 6.10 Å². The molecule has 4 N–H and O–H groups in total. The average Bonchev–Trinajstić information content (AvgIpc) is 3.11. The van der Waals surface area contributed by atoms with E-state index in [0.717, 1.165) is 30.6 Å². The summed E-state index contributed by atoms with van der Waals surface area (Å²) in [5, 5.41) is 18.5. The Morgan fingerprint density at radius 1 is 1.09 bits per heavy atom. The number of aliphatic hydroxyl groups excluding tert-OH is 1. The minimum Gasteiger partial charge on any atom is -0.493 e. The van der Waals surface area contributed by atoms with Crippen molar-refractivity contribution in [2.45, 2.75) is 26.4 Å². The third-order valence-electron chi connectivity index (χ3n) is 5.25.